The lowest BCUT2D eigenvalue weighted by Crippen LogP contribution is -2.27. The Morgan fingerprint density at radius 1 is 1.19 bits per heavy atom. The van der Waals surface area contributed by atoms with Crippen molar-refractivity contribution in [2.45, 2.75) is 13.0 Å². The van der Waals surface area contributed by atoms with Crippen molar-refractivity contribution in [3.63, 3.8) is 0 Å². The summed E-state index contributed by atoms with van der Waals surface area (Å²) in [6.45, 7) is 5.95. The highest BCUT2D eigenvalue weighted by atomic mass is 16.5. The van der Waals surface area contributed by atoms with E-state index in [9.17, 15) is 4.79 Å². The monoisotopic (exact) mass is 281 g/mol. The Kier molecular flexibility index (Phi) is 5.16. The number of carbonyl (C=O) groups is 1. The van der Waals surface area contributed by atoms with Crippen LogP contribution in [0.1, 0.15) is 28.9 Å². The number of para-hydroxylation sites is 1. The largest absolute Gasteiger partial charge is 0.489 e. The fourth-order valence-corrected chi connectivity index (χ4v) is 2.03. The van der Waals surface area contributed by atoms with E-state index >= 15 is 0 Å². The molecule has 0 aliphatic carbocycles. The summed E-state index contributed by atoms with van der Waals surface area (Å²) in [5.41, 5.74) is 1.59. The lowest BCUT2D eigenvalue weighted by Gasteiger charge is -2.16. The number of nitrogens with one attached hydrogen (secondary N) is 1. The number of benzene rings is 2. The average Bonchev–Trinajstić information content (AvgIpc) is 2.54. The minimum absolute atomic E-state index is 0.0637. The van der Waals surface area contributed by atoms with E-state index in [4.69, 9.17) is 4.74 Å². The second kappa shape index (κ2) is 7.29. The first-order valence-corrected chi connectivity index (χ1v) is 6.91. The van der Waals surface area contributed by atoms with Crippen LogP contribution in [-0.2, 0) is 0 Å². The van der Waals surface area contributed by atoms with Crippen molar-refractivity contribution in [3.8, 4) is 5.75 Å². The number of ether oxygens (including phenoxy) is 1. The molecule has 21 heavy (non-hydrogen) atoms. The highest BCUT2D eigenvalue weighted by Crippen LogP contribution is 2.19. The highest BCUT2D eigenvalue weighted by molar-refractivity contribution is 5.97. The second-order valence-corrected chi connectivity index (χ2v) is 4.70. The van der Waals surface area contributed by atoms with Crippen LogP contribution in [0.3, 0.4) is 0 Å². The number of hydrogen-bond donors (Lipinski definition) is 1. The zero-order valence-electron chi connectivity index (χ0n) is 12.1. The second-order valence-electron chi connectivity index (χ2n) is 4.70. The molecule has 2 aromatic carbocycles. The molecule has 2 aromatic rings. The van der Waals surface area contributed by atoms with Gasteiger partial charge in [0.1, 0.15) is 12.4 Å². The molecule has 0 saturated heterocycles. The smallest absolute Gasteiger partial charge is 0.255 e. The number of rotatable bonds is 6. The third-order valence-electron chi connectivity index (χ3n) is 3.14. The summed E-state index contributed by atoms with van der Waals surface area (Å²) in [4.78, 5) is 12.4. The van der Waals surface area contributed by atoms with Crippen molar-refractivity contribution in [1.29, 1.82) is 0 Å². The molecule has 0 saturated carbocycles. The maximum Gasteiger partial charge on any atom is 0.255 e. The minimum Gasteiger partial charge on any atom is -0.489 e. The van der Waals surface area contributed by atoms with Gasteiger partial charge in [0.2, 0.25) is 0 Å². The van der Waals surface area contributed by atoms with E-state index in [0.717, 1.165) is 5.56 Å². The van der Waals surface area contributed by atoms with Crippen molar-refractivity contribution >= 4 is 5.91 Å². The van der Waals surface area contributed by atoms with Crippen LogP contribution in [-0.4, -0.2) is 12.5 Å². The Labute approximate surface area is 125 Å². The maximum absolute atomic E-state index is 12.4. The van der Waals surface area contributed by atoms with Gasteiger partial charge in [-0.3, -0.25) is 4.79 Å². The van der Waals surface area contributed by atoms with Gasteiger partial charge in [-0.1, -0.05) is 55.1 Å². The SMILES string of the molecule is C=CCOc1ccccc1C(=O)N[C@H](C)c1ccccc1. The molecule has 3 nitrogen and oxygen atoms in total. The third-order valence-corrected chi connectivity index (χ3v) is 3.14. The number of amides is 1. The number of hydrogen-bond acceptors (Lipinski definition) is 2. The average molecular weight is 281 g/mol. The molecule has 0 unspecified atom stereocenters. The molecule has 0 radical (unpaired) electrons. The van der Waals surface area contributed by atoms with Crippen molar-refractivity contribution in [1.82, 2.24) is 5.32 Å². The van der Waals surface area contributed by atoms with Gasteiger partial charge in [0, 0.05) is 0 Å². The van der Waals surface area contributed by atoms with E-state index in [1.165, 1.54) is 0 Å². The Morgan fingerprint density at radius 3 is 2.57 bits per heavy atom. The van der Waals surface area contributed by atoms with E-state index in [1.807, 2.05) is 49.4 Å². The Bertz CT molecular complexity index is 608. The van der Waals surface area contributed by atoms with Gasteiger partial charge in [0.15, 0.2) is 0 Å². The van der Waals surface area contributed by atoms with Crippen LogP contribution in [0.4, 0.5) is 0 Å². The fraction of sp³-hybridized carbons (Fsp3) is 0.167. The first-order chi connectivity index (χ1) is 10.2. The Balaban J connectivity index is 2.11. The van der Waals surface area contributed by atoms with Crippen LogP contribution in [0.5, 0.6) is 5.75 Å². The molecule has 108 valence electrons. The molecule has 1 amide bonds. The molecule has 0 heterocycles. The van der Waals surface area contributed by atoms with Crippen molar-refractivity contribution < 1.29 is 9.53 Å². The predicted molar refractivity (Wildman–Crippen MR) is 84.5 cm³/mol. The van der Waals surface area contributed by atoms with Crippen LogP contribution in [0.25, 0.3) is 0 Å². The van der Waals surface area contributed by atoms with Gasteiger partial charge in [-0.05, 0) is 24.6 Å². The summed E-state index contributed by atoms with van der Waals surface area (Å²) in [5.74, 6) is 0.418. The number of carbonyl (C=O) groups excluding carboxylic acids is 1. The van der Waals surface area contributed by atoms with E-state index in [0.29, 0.717) is 17.9 Å². The molecule has 0 spiro atoms. The van der Waals surface area contributed by atoms with Crippen LogP contribution in [0.15, 0.2) is 67.3 Å². The molecule has 0 aromatic heterocycles. The molecule has 0 fully saturated rings. The predicted octanol–water partition coefficient (Wildman–Crippen LogP) is 3.74. The molecule has 0 aliphatic rings. The summed E-state index contributed by atoms with van der Waals surface area (Å²) in [5, 5.41) is 2.98. The molecular formula is C18H19NO2. The third kappa shape index (κ3) is 3.96. The Morgan fingerprint density at radius 2 is 1.86 bits per heavy atom. The minimum atomic E-state index is -0.147. The van der Waals surface area contributed by atoms with Crippen molar-refractivity contribution in [2.75, 3.05) is 6.61 Å². The standard InChI is InChI=1S/C18H19NO2/c1-3-13-21-17-12-8-7-11-16(17)18(20)19-14(2)15-9-5-4-6-10-15/h3-12,14H,1,13H2,2H3,(H,19,20)/t14-/m1/s1. The summed E-state index contributed by atoms with van der Waals surface area (Å²) in [6.07, 6.45) is 1.65. The molecule has 0 aliphatic heterocycles. The molecule has 1 N–H and O–H groups in total. The zero-order valence-corrected chi connectivity index (χ0v) is 12.1. The normalized spacial score (nSPS) is 11.5. The lowest BCUT2D eigenvalue weighted by atomic mass is 10.1. The van der Waals surface area contributed by atoms with Crippen LogP contribution < -0.4 is 10.1 Å². The van der Waals surface area contributed by atoms with Gasteiger partial charge in [0.25, 0.3) is 5.91 Å². The summed E-state index contributed by atoms with van der Waals surface area (Å²) >= 11 is 0. The molecule has 2 rings (SSSR count). The summed E-state index contributed by atoms with van der Waals surface area (Å²) < 4.78 is 5.52. The van der Waals surface area contributed by atoms with Crippen LogP contribution in [0, 0.1) is 0 Å². The quantitative estimate of drug-likeness (QED) is 0.819. The lowest BCUT2D eigenvalue weighted by molar-refractivity contribution is 0.0936. The first kappa shape index (κ1) is 14.9. The van der Waals surface area contributed by atoms with Gasteiger partial charge >= 0.3 is 0 Å². The van der Waals surface area contributed by atoms with Gasteiger partial charge in [-0.2, -0.15) is 0 Å². The fourth-order valence-electron chi connectivity index (χ4n) is 2.03. The Hall–Kier alpha value is -2.55. The zero-order chi connectivity index (χ0) is 15.1. The van der Waals surface area contributed by atoms with Gasteiger partial charge in [-0.15, -0.1) is 0 Å². The van der Waals surface area contributed by atoms with Crippen LogP contribution >= 0.6 is 0 Å². The summed E-state index contributed by atoms with van der Waals surface area (Å²) in [7, 11) is 0. The van der Waals surface area contributed by atoms with Crippen molar-refractivity contribution in [2.24, 2.45) is 0 Å². The topological polar surface area (TPSA) is 38.3 Å². The molecular weight excluding hydrogens is 262 g/mol. The van der Waals surface area contributed by atoms with Crippen molar-refractivity contribution in [3.05, 3.63) is 78.4 Å². The van der Waals surface area contributed by atoms with Gasteiger partial charge in [0.05, 0.1) is 11.6 Å². The van der Waals surface area contributed by atoms with Crippen LogP contribution in [0.2, 0.25) is 0 Å². The molecule has 3 heteroatoms. The molecule has 0 bridgehead atoms. The van der Waals surface area contributed by atoms with Gasteiger partial charge < -0.3 is 10.1 Å². The van der Waals surface area contributed by atoms with E-state index in [-0.39, 0.29) is 11.9 Å². The van der Waals surface area contributed by atoms with E-state index < -0.39 is 0 Å². The highest BCUT2D eigenvalue weighted by Gasteiger charge is 2.15. The molecule has 1 atom stereocenters. The van der Waals surface area contributed by atoms with Gasteiger partial charge in [-0.25, -0.2) is 0 Å². The maximum atomic E-state index is 12.4. The summed E-state index contributed by atoms with van der Waals surface area (Å²) in [6, 6.07) is 17.0. The van der Waals surface area contributed by atoms with E-state index in [1.54, 1.807) is 18.2 Å². The van der Waals surface area contributed by atoms with E-state index in [2.05, 4.69) is 11.9 Å². The first-order valence-electron chi connectivity index (χ1n) is 6.91.